The molecule has 0 aromatic carbocycles. The Balaban J connectivity index is 4.39. The van der Waals surface area contributed by atoms with Gasteiger partial charge in [-0.15, -0.1) is 0 Å². The van der Waals surface area contributed by atoms with Crippen LogP contribution in [0.1, 0.15) is 20.8 Å². The van der Waals surface area contributed by atoms with Gasteiger partial charge in [0, 0.05) is 0 Å². The molecule has 2 unspecified atom stereocenters. The van der Waals surface area contributed by atoms with Crippen molar-refractivity contribution in [1.82, 2.24) is 5.32 Å². The van der Waals surface area contributed by atoms with E-state index in [1.54, 1.807) is 6.92 Å². The summed E-state index contributed by atoms with van der Waals surface area (Å²) in [7, 11) is 0. The average molecular weight is 243 g/mol. The Morgan fingerprint density at radius 2 is 2.00 bits per heavy atom. The van der Waals surface area contributed by atoms with Crippen molar-refractivity contribution in [3.63, 3.8) is 0 Å². The van der Waals surface area contributed by atoms with Gasteiger partial charge in [0.15, 0.2) is 6.10 Å². The van der Waals surface area contributed by atoms with E-state index in [0.29, 0.717) is 6.54 Å². The van der Waals surface area contributed by atoms with E-state index >= 15 is 0 Å². The van der Waals surface area contributed by atoms with Gasteiger partial charge in [0.1, 0.15) is 5.54 Å². The summed E-state index contributed by atoms with van der Waals surface area (Å²) in [5, 5.41) is 11.4. The van der Waals surface area contributed by atoms with Gasteiger partial charge < -0.3 is 15.2 Å². The monoisotopic (exact) mass is 243 g/mol. The maximum absolute atomic E-state index is 12.1. The van der Waals surface area contributed by atoms with Crippen LogP contribution in [0.25, 0.3) is 0 Å². The first-order chi connectivity index (χ1) is 7.13. The number of nitrogens with one attached hydrogen (secondary N) is 1. The van der Waals surface area contributed by atoms with E-state index < -0.39 is 30.4 Å². The van der Waals surface area contributed by atoms with E-state index in [4.69, 9.17) is 5.11 Å². The molecule has 0 aromatic heterocycles. The number of likely N-dealkylation sites (N-methyl/N-ethyl adjacent to an activating group) is 1. The Morgan fingerprint density at radius 3 is 2.31 bits per heavy atom. The van der Waals surface area contributed by atoms with Crippen molar-refractivity contribution >= 4 is 5.97 Å². The lowest BCUT2D eigenvalue weighted by Crippen LogP contribution is -2.54. The summed E-state index contributed by atoms with van der Waals surface area (Å²) < 4.78 is 40.9. The van der Waals surface area contributed by atoms with E-state index in [-0.39, 0.29) is 0 Å². The number of aliphatic carboxylic acids is 1. The highest BCUT2D eigenvalue weighted by Gasteiger charge is 2.40. The van der Waals surface area contributed by atoms with Crippen LogP contribution in [0, 0.1) is 0 Å². The summed E-state index contributed by atoms with van der Waals surface area (Å²) in [5.41, 5.74) is -1.51. The first kappa shape index (κ1) is 15.2. The molecule has 0 saturated carbocycles. The molecule has 2 atom stereocenters. The van der Waals surface area contributed by atoms with Gasteiger partial charge in [0.25, 0.3) is 0 Å². The maximum Gasteiger partial charge on any atom is 0.414 e. The number of halogens is 3. The van der Waals surface area contributed by atoms with Crippen molar-refractivity contribution in [3.05, 3.63) is 0 Å². The Labute approximate surface area is 91.8 Å². The van der Waals surface area contributed by atoms with Crippen molar-refractivity contribution < 1.29 is 27.8 Å². The maximum atomic E-state index is 12.1. The number of hydrogen-bond acceptors (Lipinski definition) is 3. The molecule has 2 N–H and O–H groups in total. The average Bonchev–Trinajstić information content (AvgIpc) is 2.12. The van der Waals surface area contributed by atoms with Crippen molar-refractivity contribution in [2.45, 2.75) is 38.6 Å². The SMILES string of the molecule is CCNC(C)(COC(C)C(F)(F)F)C(=O)O. The zero-order valence-electron chi connectivity index (χ0n) is 9.39. The number of alkyl halides is 3. The lowest BCUT2D eigenvalue weighted by Gasteiger charge is -2.27. The second-order valence-electron chi connectivity index (χ2n) is 3.66. The number of carboxylic acid groups (broad SMARTS) is 1. The molecule has 0 aromatic rings. The van der Waals surface area contributed by atoms with Crippen LogP contribution in [0.15, 0.2) is 0 Å². The molecule has 0 radical (unpaired) electrons. The predicted molar refractivity (Wildman–Crippen MR) is 51.2 cm³/mol. The predicted octanol–water partition coefficient (Wildman–Crippen LogP) is 1.41. The number of carbonyl (C=O) groups is 1. The first-order valence-electron chi connectivity index (χ1n) is 4.80. The van der Waals surface area contributed by atoms with Crippen LogP contribution in [-0.2, 0) is 9.53 Å². The summed E-state index contributed by atoms with van der Waals surface area (Å²) in [6, 6.07) is 0. The normalized spacial score (nSPS) is 17.9. The van der Waals surface area contributed by atoms with Gasteiger partial charge in [0.2, 0.25) is 0 Å². The molecule has 0 heterocycles. The molecule has 0 aliphatic rings. The first-order valence-corrected chi connectivity index (χ1v) is 4.80. The third kappa shape index (κ3) is 4.36. The van der Waals surface area contributed by atoms with Crippen LogP contribution in [0.4, 0.5) is 13.2 Å². The van der Waals surface area contributed by atoms with Gasteiger partial charge in [-0.05, 0) is 20.4 Å². The van der Waals surface area contributed by atoms with Crippen molar-refractivity contribution in [3.8, 4) is 0 Å². The summed E-state index contributed by atoms with van der Waals surface area (Å²) in [5.74, 6) is -1.25. The van der Waals surface area contributed by atoms with E-state index in [1.165, 1.54) is 6.92 Å². The summed E-state index contributed by atoms with van der Waals surface area (Å²) >= 11 is 0. The van der Waals surface area contributed by atoms with Gasteiger partial charge >= 0.3 is 12.1 Å². The van der Waals surface area contributed by atoms with Crippen LogP contribution in [-0.4, -0.2) is 42.0 Å². The zero-order valence-corrected chi connectivity index (χ0v) is 9.39. The molecule has 4 nitrogen and oxygen atoms in total. The Morgan fingerprint density at radius 1 is 1.50 bits per heavy atom. The summed E-state index contributed by atoms with van der Waals surface area (Å²) in [6.45, 7) is 3.56. The molecule has 7 heteroatoms. The molecule has 96 valence electrons. The lowest BCUT2D eigenvalue weighted by atomic mass is 10.0. The molecule has 0 saturated heterocycles. The lowest BCUT2D eigenvalue weighted by molar-refractivity contribution is -0.219. The Kier molecular flexibility index (Phi) is 5.21. The highest BCUT2D eigenvalue weighted by atomic mass is 19.4. The van der Waals surface area contributed by atoms with Gasteiger partial charge in [-0.2, -0.15) is 13.2 Å². The van der Waals surface area contributed by atoms with Crippen molar-refractivity contribution in [2.75, 3.05) is 13.2 Å². The fourth-order valence-corrected chi connectivity index (χ4v) is 0.965. The Hall–Kier alpha value is -0.820. The minimum Gasteiger partial charge on any atom is -0.480 e. The van der Waals surface area contributed by atoms with Crippen molar-refractivity contribution in [2.24, 2.45) is 0 Å². The molecule has 0 spiro atoms. The standard InChI is InChI=1S/C9H16F3NO3/c1-4-13-8(3,7(14)15)5-16-6(2)9(10,11)12/h6,13H,4-5H2,1-3H3,(H,14,15). The molecule has 0 bridgehead atoms. The topological polar surface area (TPSA) is 58.6 Å². The quantitative estimate of drug-likeness (QED) is 0.740. The van der Waals surface area contributed by atoms with Crippen molar-refractivity contribution in [1.29, 1.82) is 0 Å². The molecular weight excluding hydrogens is 227 g/mol. The third-order valence-corrected chi connectivity index (χ3v) is 2.12. The van der Waals surface area contributed by atoms with Crippen LogP contribution in [0.2, 0.25) is 0 Å². The number of rotatable bonds is 6. The minimum atomic E-state index is -4.48. The molecule has 0 rings (SSSR count). The third-order valence-electron chi connectivity index (χ3n) is 2.12. The summed E-state index contributed by atoms with van der Waals surface area (Å²) in [4.78, 5) is 10.8. The fraction of sp³-hybridized carbons (Fsp3) is 0.889. The van der Waals surface area contributed by atoms with Gasteiger partial charge in [-0.3, -0.25) is 4.79 Å². The number of hydrogen-bond donors (Lipinski definition) is 2. The van der Waals surface area contributed by atoms with E-state index in [1.807, 2.05) is 0 Å². The van der Waals surface area contributed by atoms with Gasteiger partial charge in [-0.1, -0.05) is 6.92 Å². The van der Waals surface area contributed by atoms with Gasteiger partial charge in [-0.25, -0.2) is 0 Å². The van der Waals surface area contributed by atoms with Crippen LogP contribution < -0.4 is 5.32 Å². The molecule has 0 amide bonds. The largest absolute Gasteiger partial charge is 0.480 e. The number of ether oxygens (including phenoxy) is 1. The van der Waals surface area contributed by atoms with Crippen LogP contribution in [0.3, 0.4) is 0 Å². The van der Waals surface area contributed by atoms with E-state index in [0.717, 1.165) is 6.92 Å². The smallest absolute Gasteiger partial charge is 0.414 e. The van der Waals surface area contributed by atoms with Crippen LogP contribution in [0.5, 0.6) is 0 Å². The van der Waals surface area contributed by atoms with Gasteiger partial charge in [0.05, 0.1) is 6.61 Å². The van der Waals surface area contributed by atoms with Crippen LogP contribution >= 0.6 is 0 Å². The highest BCUT2D eigenvalue weighted by Crippen LogP contribution is 2.23. The van der Waals surface area contributed by atoms with E-state index in [2.05, 4.69) is 10.1 Å². The Bertz CT molecular complexity index is 245. The fourth-order valence-electron chi connectivity index (χ4n) is 0.965. The minimum absolute atomic E-state index is 0.326. The number of carboxylic acids is 1. The molecule has 16 heavy (non-hydrogen) atoms. The molecule has 0 aliphatic heterocycles. The second-order valence-corrected chi connectivity index (χ2v) is 3.66. The molecule has 0 fully saturated rings. The second kappa shape index (κ2) is 5.49. The highest BCUT2D eigenvalue weighted by molar-refractivity contribution is 5.78. The molecular formula is C9H16F3NO3. The zero-order chi connectivity index (χ0) is 13.0. The summed E-state index contributed by atoms with van der Waals surface area (Å²) in [6.07, 6.45) is -6.46. The van der Waals surface area contributed by atoms with E-state index in [9.17, 15) is 18.0 Å². The molecule has 0 aliphatic carbocycles.